The normalized spacial score (nSPS) is 23.6. The number of aromatic nitrogens is 1. The number of H-pyrrole nitrogens is 1. The number of carbonyl (C=O) groups excluding carboxylic acids is 3. The monoisotopic (exact) mass is 371 g/mol. The second-order valence-electron chi connectivity index (χ2n) is 6.88. The van der Waals surface area contributed by atoms with Gasteiger partial charge in [0, 0.05) is 23.1 Å². The zero-order valence-corrected chi connectivity index (χ0v) is 15.2. The first-order chi connectivity index (χ1) is 12.6. The van der Waals surface area contributed by atoms with E-state index >= 15 is 0 Å². The van der Waals surface area contributed by atoms with Gasteiger partial charge in [-0.25, -0.2) is 0 Å². The van der Waals surface area contributed by atoms with E-state index in [1.165, 1.54) is 4.90 Å². The number of nitrogens with zero attached hydrogens (tertiary/aromatic N) is 1. The van der Waals surface area contributed by atoms with Crippen molar-refractivity contribution in [3.8, 4) is 0 Å². The van der Waals surface area contributed by atoms with E-state index in [0.29, 0.717) is 0 Å². The van der Waals surface area contributed by atoms with Crippen LogP contribution in [0.2, 0.25) is 0 Å². The maximum atomic E-state index is 12.6. The third kappa shape index (κ3) is 3.23. The van der Waals surface area contributed by atoms with E-state index in [4.69, 9.17) is 0 Å². The third-order valence-electron chi connectivity index (χ3n) is 5.22. The van der Waals surface area contributed by atoms with E-state index in [9.17, 15) is 14.4 Å². The van der Waals surface area contributed by atoms with Crippen LogP contribution in [-0.4, -0.2) is 44.8 Å². The Hall–Kier alpha value is -2.28. The molecule has 1 aliphatic carbocycles. The number of fused-ring (bicyclic) bond motifs is 1. The first kappa shape index (κ1) is 17.1. The fraction of sp³-hybridized carbons (Fsp3) is 0.421. The molecule has 1 aliphatic heterocycles. The van der Waals surface area contributed by atoms with Gasteiger partial charge >= 0.3 is 0 Å². The number of carbonyl (C=O) groups is 3. The highest BCUT2D eigenvalue weighted by atomic mass is 32.2. The van der Waals surface area contributed by atoms with Gasteiger partial charge in [0.15, 0.2) is 0 Å². The lowest BCUT2D eigenvalue weighted by Gasteiger charge is -2.36. The van der Waals surface area contributed by atoms with Crippen LogP contribution in [0.4, 0.5) is 4.79 Å². The summed E-state index contributed by atoms with van der Waals surface area (Å²) < 4.78 is 0. The molecule has 1 saturated heterocycles. The van der Waals surface area contributed by atoms with Gasteiger partial charge in [-0.15, -0.1) is 0 Å². The standard InChI is InChI=1S/C19H21N3O3S/c23-17(9-12-10-20-14-6-2-1-5-13(12)14)21-15-7-3-4-8-16(15)22-18(24)11-26-19(22)25/h1-2,5-6,10,15-16,20H,3-4,7-9,11H2,(H,21,23). The topological polar surface area (TPSA) is 82.3 Å². The minimum atomic E-state index is -0.217. The molecule has 6 nitrogen and oxygen atoms in total. The van der Waals surface area contributed by atoms with Gasteiger partial charge in [0.25, 0.3) is 5.24 Å². The van der Waals surface area contributed by atoms with Crippen molar-refractivity contribution >= 4 is 39.7 Å². The number of para-hydroxylation sites is 1. The van der Waals surface area contributed by atoms with Crippen LogP contribution in [0.5, 0.6) is 0 Å². The van der Waals surface area contributed by atoms with Crippen LogP contribution in [0.15, 0.2) is 30.5 Å². The molecule has 4 rings (SSSR count). The lowest BCUT2D eigenvalue weighted by molar-refractivity contribution is -0.129. The molecule has 3 amide bonds. The molecule has 2 aliphatic rings. The molecule has 1 aromatic heterocycles. The van der Waals surface area contributed by atoms with Crippen LogP contribution in [0.3, 0.4) is 0 Å². The molecule has 1 aromatic carbocycles. The number of nitrogens with one attached hydrogen (secondary N) is 2. The van der Waals surface area contributed by atoms with Crippen molar-refractivity contribution in [2.75, 3.05) is 5.75 Å². The number of hydrogen-bond acceptors (Lipinski definition) is 4. The highest BCUT2D eigenvalue weighted by molar-refractivity contribution is 8.14. The van der Waals surface area contributed by atoms with Gasteiger partial charge in [-0.2, -0.15) is 0 Å². The average Bonchev–Trinajstić information content (AvgIpc) is 3.19. The van der Waals surface area contributed by atoms with Crippen molar-refractivity contribution in [2.24, 2.45) is 0 Å². The molecule has 1 saturated carbocycles. The molecule has 0 bridgehead atoms. The number of aromatic amines is 1. The highest BCUT2D eigenvalue weighted by Crippen LogP contribution is 2.30. The Morgan fingerprint density at radius 2 is 2.04 bits per heavy atom. The Balaban J connectivity index is 1.47. The van der Waals surface area contributed by atoms with Gasteiger partial charge in [-0.1, -0.05) is 42.8 Å². The molecule has 0 radical (unpaired) electrons. The number of imide groups is 1. The van der Waals surface area contributed by atoms with Gasteiger partial charge in [-0.05, 0) is 24.5 Å². The van der Waals surface area contributed by atoms with E-state index in [-0.39, 0.29) is 41.3 Å². The zero-order chi connectivity index (χ0) is 18.1. The lowest BCUT2D eigenvalue weighted by Crippen LogP contribution is -2.55. The quantitative estimate of drug-likeness (QED) is 0.866. The molecule has 26 heavy (non-hydrogen) atoms. The Kier molecular flexibility index (Phi) is 4.72. The predicted molar refractivity (Wildman–Crippen MR) is 101 cm³/mol. The van der Waals surface area contributed by atoms with E-state index in [1.54, 1.807) is 0 Å². The van der Waals surface area contributed by atoms with Crippen molar-refractivity contribution in [2.45, 2.75) is 44.2 Å². The fourth-order valence-electron chi connectivity index (χ4n) is 3.98. The first-order valence-corrected chi connectivity index (χ1v) is 9.95. The van der Waals surface area contributed by atoms with Crippen LogP contribution in [-0.2, 0) is 16.0 Å². The lowest BCUT2D eigenvalue weighted by atomic mass is 9.89. The van der Waals surface area contributed by atoms with Gasteiger partial charge in [0.2, 0.25) is 11.8 Å². The highest BCUT2D eigenvalue weighted by Gasteiger charge is 2.41. The molecule has 136 valence electrons. The largest absolute Gasteiger partial charge is 0.361 e. The average molecular weight is 371 g/mol. The molecule has 7 heteroatoms. The second kappa shape index (κ2) is 7.15. The minimum Gasteiger partial charge on any atom is -0.361 e. The summed E-state index contributed by atoms with van der Waals surface area (Å²) >= 11 is 1.05. The minimum absolute atomic E-state index is 0.0709. The van der Waals surface area contributed by atoms with Crippen molar-refractivity contribution < 1.29 is 14.4 Å². The molecule has 2 heterocycles. The number of amides is 3. The molecule has 2 N–H and O–H groups in total. The van der Waals surface area contributed by atoms with E-state index in [0.717, 1.165) is 53.9 Å². The Bertz CT molecular complexity index is 847. The van der Waals surface area contributed by atoms with E-state index in [2.05, 4.69) is 10.3 Å². The number of rotatable bonds is 4. The number of thioether (sulfide) groups is 1. The molecule has 2 atom stereocenters. The summed E-state index contributed by atoms with van der Waals surface area (Å²) in [5.41, 5.74) is 1.96. The van der Waals surface area contributed by atoms with Gasteiger partial charge in [-0.3, -0.25) is 19.3 Å². The van der Waals surface area contributed by atoms with Gasteiger partial charge < -0.3 is 10.3 Å². The van der Waals surface area contributed by atoms with Crippen LogP contribution < -0.4 is 5.32 Å². The maximum absolute atomic E-state index is 12.6. The van der Waals surface area contributed by atoms with Crippen LogP contribution in [0.1, 0.15) is 31.2 Å². The second-order valence-corrected chi connectivity index (χ2v) is 7.81. The summed E-state index contributed by atoms with van der Waals surface area (Å²) in [5.74, 6) is 0.00639. The predicted octanol–water partition coefficient (Wildman–Crippen LogP) is 2.83. The van der Waals surface area contributed by atoms with Crippen LogP contribution in [0, 0.1) is 0 Å². The summed E-state index contributed by atoms with van der Waals surface area (Å²) in [7, 11) is 0. The SMILES string of the molecule is O=C(Cc1c[nH]c2ccccc12)NC1CCCCC1N1C(=O)CSC1=O. The van der Waals surface area contributed by atoms with Crippen molar-refractivity contribution in [3.63, 3.8) is 0 Å². The fourth-order valence-corrected chi connectivity index (χ4v) is 4.74. The van der Waals surface area contributed by atoms with Gasteiger partial charge in [0.05, 0.1) is 18.2 Å². The summed E-state index contributed by atoms with van der Waals surface area (Å²) in [6.45, 7) is 0. The first-order valence-electron chi connectivity index (χ1n) is 8.96. The summed E-state index contributed by atoms with van der Waals surface area (Å²) in [5, 5.41) is 3.94. The summed E-state index contributed by atoms with van der Waals surface area (Å²) in [6, 6.07) is 7.51. The van der Waals surface area contributed by atoms with Crippen LogP contribution in [0.25, 0.3) is 10.9 Å². The van der Waals surface area contributed by atoms with Crippen molar-refractivity contribution in [1.82, 2.24) is 15.2 Å². The maximum Gasteiger partial charge on any atom is 0.289 e. The van der Waals surface area contributed by atoms with Crippen molar-refractivity contribution in [1.29, 1.82) is 0 Å². The number of benzene rings is 1. The number of hydrogen-bond donors (Lipinski definition) is 2. The molecule has 2 aromatic rings. The zero-order valence-electron chi connectivity index (χ0n) is 14.4. The molecule has 0 spiro atoms. The van der Waals surface area contributed by atoms with E-state index < -0.39 is 0 Å². The summed E-state index contributed by atoms with van der Waals surface area (Å²) in [4.78, 5) is 41.3. The Morgan fingerprint density at radius 1 is 1.23 bits per heavy atom. The Morgan fingerprint density at radius 3 is 2.85 bits per heavy atom. The van der Waals surface area contributed by atoms with Crippen LogP contribution >= 0.6 is 11.8 Å². The molecular formula is C19H21N3O3S. The molecular weight excluding hydrogens is 350 g/mol. The summed E-state index contributed by atoms with van der Waals surface area (Å²) in [6.07, 6.45) is 5.68. The Labute approximate surface area is 155 Å². The van der Waals surface area contributed by atoms with E-state index in [1.807, 2.05) is 30.5 Å². The van der Waals surface area contributed by atoms with Gasteiger partial charge in [0.1, 0.15) is 0 Å². The molecule has 2 unspecified atom stereocenters. The smallest absolute Gasteiger partial charge is 0.289 e. The van der Waals surface area contributed by atoms with Crippen molar-refractivity contribution in [3.05, 3.63) is 36.0 Å². The third-order valence-corrected chi connectivity index (χ3v) is 6.05. The molecule has 2 fully saturated rings.